The highest BCUT2D eigenvalue weighted by Crippen LogP contribution is 2.42. The summed E-state index contributed by atoms with van der Waals surface area (Å²) >= 11 is 0. The number of carbonyl (C=O) groups is 5. The first-order valence-electron chi connectivity index (χ1n) is 26.2. The molecule has 6 N–H and O–H groups in total. The number of halogens is 1. The van der Waals surface area contributed by atoms with Crippen molar-refractivity contribution in [3.63, 3.8) is 0 Å². The number of rotatable bonds is 21. The lowest BCUT2D eigenvalue weighted by Crippen LogP contribution is -2.50. The van der Waals surface area contributed by atoms with Crippen molar-refractivity contribution in [3.8, 4) is 11.1 Å². The fourth-order valence-electron chi connectivity index (χ4n) is 9.95. The van der Waals surface area contributed by atoms with E-state index in [0.717, 1.165) is 35.2 Å². The quantitative estimate of drug-likeness (QED) is 0.0557. The second-order valence-electron chi connectivity index (χ2n) is 20.7. The highest BCUT2D eigenvalue weighted by Gasteiger charge is 2.44. The Balaban J connectivity index is 0.862. The smallest absolute Gasteiger partial charge is 0.262 e. The van der Waals surface area contributed by atoms with Crippen LogP contribution in [-0.2, 0) is 41.7 Å². The van der Waals surface area contributed by atoms with Crippen LogP contribution in [0.25, 0.3) is 11.1 Å². The fraction of sp³-hybridized carbons (Fsp3) is 0.527. The van der Waals surface area contributed by atoms with Gasteiger partial charge in [0.15, 0.2) is 0 Å². The Morgan fingerprint density at radius 1 is 1.01 bits per heavy atom. The van der Waals surface area contributed by atoms with Gasteiger partial charge in [-0.1, -0.05) is 58.0 Å². The molecule has 2 fully saturated rings. The van der Waals surface area contributed by atoms with Gasteiger partial charge in [0.1, 0.15) is 17.7 Å². The highest BCUT2D eigenvalue weighted by molar-refractivity contribution is 6.01. The molecule has 2 aromatic heterocycles. The predicted molar refractivity (Wildman–Crippen MR) is 285 cm³/mol. The van der Waals surface area contributed by atoms with E-state index < -0.39 is 29.2 Å². The molecular formula is C55H75FN12O7. The molecule has 5 heterocycles. The van der Waals surface area contributed by atoms with E-state index in [-0.39, 0.29) is 80.4 Å². The summed E-state index contributed by atoms with van der Waals surface area (Å²) in [7, 11) is 3.38. The average molecular weight is 1040 g/mol. The summed E-state index contributed by atoms with van der Waals surface area (Å²) in [4.78, 5) is 81.9. The van der Waals surface area contributed by atoms with Crippen LogP contribution in [0.4, 0.5) is 15.9 Å². The normalized spacial score (nSPS) is 18.9. The molecule has 0 saturated carbocycles. The third-order valence-corrected chi connectivity index (χ3v) is 14.3. The molecule has 404 valence electrons. The Morgan fingerprint density at radius 2 is 1.77 bits per heavy atom. The second-order valence-corrected chi connectivity index (χ2v) is 20.7. The van der Waals surface area contributed by atoms with Gasteiger partial charge in [-0.3, -0.25) is 28.7 Å². The van der Waals surface area contributed by atoms with Gasteiger partial charge in [0, 0.05) is 81.0 Å². The molecule has 2 saturated heterocycles. The van der Waals surface area contributed by atoms with E-state index in [4.69, 9.17) is 20.3 Å². The molecule has 20 heteroatoms. The Morgan fingerprint density at radius 3 is 2.51 bits per heavy atom. The molecule has 7 rings (SSSR count). The number of fused-ring (bicyclic) bond motifs is 8. The standard InChI is InChI=1S/C55H75FN12O7/c1-8-44(36-13-10-9-11-14-36)63-52(71)48-29-39(32-68(48)54(73)43(55(3,4)5)31-62-51(70)35(2)58-6)59-20-24-75-26-25-74-23-18-49(69)60-19-22-66-33-42-37-27-47(50(57)61-30-37)67-21-12-15-46(67)41-28-38(56)16-17-40(41)53(72)65(7)34-45(42)64-66/h9-11,13-14,16-17,27-28,30-31,33,35,39,43-44,46,48,58-59H,8,12,15,18-26,29,32,34H2,1-7H3,(H2,57,61)(H,60,69)(H,63,71)/t35-,39-,43?,44+,46-,48-/m1/s1. The molecule has 2 bridgehead atoms. The molecule has 0 radical (unpaired) electrons. The van der Waals surface area contributed by atoms with E-state index >= 15 is 0 Å². The minimum atomic E-state index is -0.752. The van der Waals surface area contributed by atoms with Gasteiger partial charge < -0.3 is 51.2 Å². The number of likely N-dealkylation sites (N-methyl/N-ethyl adjacent to an activating group) is 1. The lowest BCUT2D eigenvalue weighted by atomic mass is 9.80. The number of aliphatic imine (C=N–C) groups is 1. The van der Waals surface area contributed by atoms with Gasteiger partial charge in [0.2, 0.25) is 17.7 Å². The number of likely N-dealkylation sites (tertiary alicyclic amines) is 1. The topological polar surface area (TPSA) is 231 Å². The first-order chi connectivity index (χ1) is 36.0. The Labute approximate surface area is 439 Å². The maximum Gasteiger partial charge on any atom is 0.262 e. The van der Waals surface area contributed by atoms with Crippen molar-refractivity contribution in [3.05, 3.63) is 95.2 Å². The minimum absolute atomic E-state index is 0.149. The summed E-state index contributed by atoms with van der Waals surface area (Å²) in [5.41, 5.74) is 10.8. The van der Waals surface area contributed by atoms with Crippen LogP contribution in [0.3, 0.4) is 0 Å². The number of hydrogen-bond acceptors (Lipinski definition) is 13. The summed E-state index contributed by atoms with van der Waals surface area (Å²) < 4.78 is 28.0. The van der Waals surface area contributed by atoms with E-state index in [1.54, 1.807) is 47.8 Å². The maximum atomic E-state index is 14.7. The van der Waals surface area contributed by atoms with Crippen molar-refractivity contribution in [2.75, 3.05) is 77.3 Å². The zero-order chi connectivity index (χ0) is 53.8. The van der Waals surface area contributed by atoms with E-state index in [1.165, 1.54) is 18.3 Å². The third-order valence-electron chi connectivity index (χ3n) is 14.3. The number of benzene rings is 2. The van der Waals surface area contributed by atoms with Crippen LogP contribution in [0.15, 0.2) is 72.0 Å². The summed E-state index contributed by atoms with van der Waals surface area (Å²) in [5.74, 6) is -2.12. The minimum Gasteiger partial charge on any atom is -0.382 e. The van der Waals surface area contributed by atoms with Crippen LogP contribution in [0.2, 0.25) is 0 Å². The molecule has 3 aliphatic rings. The fourth-order valence-corrected chi connectivity index (χ4v) is 9.95. The molecule has 0 aliphatic carbocycles. The molecule has 6 atom stereocenters. The number of amides is 5. The third kappa shape index (κ3) is 14.2. The van der Waals surface area contributed by atoms with Gasteiger partial charge in [-0.05, 0) is 80.5 Å². The first kappa shape index (κ1) is 56.1. The van der Waals surface area contributed by atoms with Crippen molar-refractivity contribution >= 4 is 47.3 Å². The molecule has 19 nitrogen and oxygen atoms in total. The van der Waals surface area contributed by atoms with E-state index in [2.05, 4.69) is 36.1 Å². The van der Waals surface area contributed by atoms with Crippen LogP contribution in [0.1, 0.15) is 106 Å². The van der Waals surface area contributed by atoms with Gasteiger partial charge in [0.05, 0.1) is 74.9 Å². The largest absolute Gasteiger partial charge is 0.382 e. The van der Waals surface area contributed by atoms with Gasteiger partial charge >= 0.3 is 0 Å². The molecule has 2 aromatic carbocycles. The van der Waals surface area contributed by atoms with Crippen LogP contribution < -0.4 is 31.9 Å². The summed E-state index contributed by atoms with van der Waals surface area (Å²) in [6.45, 7) is 12.9. The van der Waals surface area contributed by atoms with Gasteiger partial charge in [0.25, 0.3) is 11.8 Å². The van der Waals surface area contributed by atoms with Crippen molar-refractivity contribution in [1.29, 1.82) is 0 Å². The summed E-state index contributed by atoms with van der Waals surface area (Å²) in [6, 6.07) is 14.1. The highest BCUT2D eigenvalue weighted by atomic mass is 19.1. The Kier molecular flexibility index (Phi) is 19.3. The van der Waals surface area contributed by atoms with Crippen molar-refractivity contribution < 1.29 is 37.8 Å². The molecule has 3 aliphatic heterocycles. The first-order valence-corrected chi connectivity index (χ1v) is 26.2. The number of anilines is 2. The summed E-state index contributed by atoms with van der Waals surface area (Å²) in [6.07, 6.45) is 7.81. The number of ether oxygens (including phenoxy) is 2. The zero-order valence-corrected chi connectivity index (χ0v) is 44.4. The van der Waals surface area contributed by atoms with Crippen molar-refractivity contribution in [2.45, 2.75) is 110 Å². The molecule has 4 aromatic rings. The number of carbonyl (C=O) groups excluding carboxylic acids is 5. The number of hydrogen-bond donors (Lipinski definition) is 5. The monoisotopic (exact) mass is 1030 g/mol. The van der Waals surface area contributed by atoms with E-state index in [1.807, 2.05) is 70.3 Å². The second kappa shape index (κ2) is 25.8. The zero-order valence-electron chi connectivity index (χ0n) is 44.4. The van der Waals surface area contributed by atoms with Gasteiger partial charge in [-0.15, -0.1) is 0 Å². The lowest BCUT2D eigenvalue weighted by molar-refractivity contribution is -0.142. The van der Waals surface area contributed by atoms with E-state index in [0.29, 0.717) is 74.9 Å². The molecule has 1 unspecified atom stereocenters. The number of pyridine rings is 1. The number of nitrogen functional groups attached to an aromatic ring is 1. The average Bonchev–Trinajstić information content (AvgIpc) is 4.16. The SMILES string of the molecule is CC[C@H](NC(=O)[C@H]1C[C@@H](NCCOCCOCCC(=O)NCCn2cc3c(n2)CN(C)C(=O)c2ccc(F)cc2[C@H]2CCCN2c2cc-3cnc2N)CN1C(=O)C(C=NC(=O)[C@@H](C)NC)C(C)(C)C)c1ccccc1. The van der Waals surface area contributed by atoms with Gasteiger partial charge in [-0.25, -0.2) is 14.4 Å². The maximum absolute atomic E-state index is 14.7. The number of nitrogens with one attached hydrogen (secondary N) is 4. The number of nitrogens with two attached hydrogens (primary N) is 1. The van der Waals surface area contributed by atoms with Gasteiger partial charge in [-0.2, -0.15) is 5.10 Å². The van der Waals surface area contributed by atoms with Crippen LogP contribution in [0, 0.1) is 17.2 Å². The lowest BCUT2D eigenvalue weighted by Gasteiger charge is -2.33. The molecular weight excluding hydrogens is 960 g/mol. The predicted octanol–water partition coefficient (Wildman–Crippen LogP) is 4.83. The Bertz CT molecular complexity index is 2660. The molecule has 0 spiro atoms. The van der Waals surface area contributed by atoms with Crippen molar-refractivity contribution in [2.24, 2.45) is 16.3 Å². The molecule has 75 heavy (non-hydrogen) atoms. The van der Waals surface area contributed by atoms with Crippen LogP contribution in [0.5, 0.6) is 0 Å². The van der Waals surface area contributed by atoms with Crippen LogP contribution >= 0.6 is 0 Å². The van der Waals surface area contributed by atoms with Crippen LogP contribution in [-0.4, -0.2) is 145 Å². The Hall–Kier alpha value is -6.61. The van der Waals surface area contributed by atoms with E-state index in [9.17, 15) is 28.4 Å². The number of aromatic nitrogens is 3. The summed E-state index contributed by atoms with van der Waals surface area (Å²) in [5, 5.41) is 17.3. The number of nitrogens with zero attached hydrogens (tertiary/aromatic N) is 7. The van der Waals surface area contributed by atoms with Crippen molar-refractivity contribution in [1.82, 2.24) is 45.8 Å². The molecule has 5 amide bonds.